The lowest BCUT2D eigenvalue weighted by Gasteiger charge is -2.37. The number of likely N-dealkylation sites (N-methyl/N-ethyl adjacent to an activating group) is 1. The van der Waals surface area contributed by atoms with Gasteiger partial charge in [0, 0.05) is 39.3 Å². The fourth-order valence-corrected chi connectivity index (χ4v) is 1.82. The minimum Gasteiger partial charge on any atom is -0.382 e. The fraction of sp³-hybridized carbons (Fsp3) is 0.917. The van der Waals surface area contributed by atoms with E-state index < -0.39 is 0 Å². The summed E-state index contributed by atoms with van der Waals surface area (Å²) in [6.45, 7) is 6.86. The first-order valence-corrected chi connectivity index (χ1v) is 6.45. The molecule has 1 unspecified atom stereocenters. The van der Waals surface area contributed by atoms with Gasteiger partial charge in [0.25, 0.3) is 0 Å². The van der Waals surface area contributed by atoms with Crippen molar-refractivity contribution in [1.82, 2.24) is 15.1 Å². The summed E-state index contributed by atoms with van der Waals surface area (Å²) in [5.41, 5.74) is 0. The lowest BCUT2D eigenvalue weighted by Crippen LogP contribution is -2.54. The van der Waals surface area contributed by atoms with Gasteiger partial charge < -0.3 is 24.6 Å². The average molecular weight is 259 g/mol. The van der Waals surface area contributed by atoms with Crippen LogP contribution in [-0.4, -0.2) is 82.0 Å². The minimum atomic E-state index is 0.00490. The zero-order chi connectivity index (χ0) is 13.4. The minimum absolute atomic E-state index is 0.00490. The summed E-state index contributed by atoms with van der Waals surface area (Å²) >= 11 is 0. The van der Waals surface area contributed by atoms with Crippen LogP contribution in [0.25, 0.3) is 0 Å². The van der Waals surface area contributed by atoms with Crippen LogP contribution in [0.1, 0.15) is 6.92 Å². The van der Waals surface area contributed by atoms with Gasteiger partial charge >= 0.3 is 6.03 Å². The Hall–Kier alpha value is -0.850. The molecule has 1 rings (SSSR count). The summed E-state index contributed by atoms with van der Waals surface area (Å²) in [5, 5.41) is 2.87. The van der Waals surface area contributed by atoms with E-state index in [-0.39, 0.29) is 6.03 Å². The first kappa shape index (κ1) is 15.2. The number of hydrogen-bond donors (Lipinski definition) is 1. The van der Waals surface area contributed by atoms with Crippen molar-refractivity contribution in [1.29, 1.82) is 0 Å². The Morgan fingerprint density at radius 1 is 1.33 bits per heavy atom. The van der Waals surface area contributed by atoms with Crippen LogP contribution in [0.15, 0.2) is 0 Å². The largest absolute Gasteiger partial charge is 0.382 e. The molecule has 6 heteroatoms. The molecule has 0 spiro atoms. The maximum absolute atomic E-state index is 11.9. The van der Waals surface area contributed by atoms with Gasteiger partial charge in [0.2, 0.25) is 0 Å². The van der Waals surface area contributed by atoms with E-state index in [9.17, 15) is 4.79 Å². The van der Waals surface area contributed by atoms with Crippen molar-refractivity contribution in [2.75, 3.05) is 60.2 Å². The highest BCUT2D eigenvalue weighted by Gasteiger charge is 2.23. The molecule has 0 bridgehead atoms. The van der Waals surface area contributed by atoms with Crippen LogP contribution in [0.4, 0.5) is 4.79 Å². The third-order valence-corrected chi connectivity index (χ3v) is 3.20. The Morgan fingerprint density at radius 3 is 2.78 bits per heavy atom. The van der Waals surface area contributed by atoms with Gasteiger partial charge in [-0.25, -0.2) is 4.79 Å². The highest BCUT2D eigenvalue weighted by atomic mass is 16.5. The molecule has 0 saturated carbocycles. The molecule has 6 nitrogen and oxygen atoms in total. The van der Waals surface area contributed by atoms with E-state index in [1.54, 1.807) is 7.11 Å². The van der Waals surface area contributed by atoms with Crippen LogP contribution in [0.3, 0.4) is 0 Å². The van der Waals surface area contributed by atoms with Gasteiger partial charge in [-0.3, -0.25) is 0 Å². The van der Waals surface area contributed by atoms with E-state index in [0.29, 0.717) is 32.4 Å². The third-order valence-electron chi connectivity index (χ3n) is 3.20. The monoisotopic (exact) mass is 259 g/mol. The van der Waals surface area contributed by atoms with Crippen molar-refractivity contribution >= 4 is 6.03 Å². The lowest BCUT2D eigenvalue weighted by atomic mass is 10.2. The fourth-order valence-electron chi connectivity index (χ4n) is 1.82. The van der Waals surface area contributed by atoms with Crippen molar-refractivity contribution in [3.8, 4) is 0 Å². The van der Waals surface area contributed by atoms with E-state index in [1.165, 1.54) is 0 Å². The standard InChI is InChI=1S/C12H25N3O3/c1-11-10-15(6-5-14(11)2)12(16)13-4-7-18-9-8-17-3/h11H,4-10H2,1-3H3,(H,13,16). The molecule has 1 atom stereocenters. The molecule has 0 radical (unpaired) electrons. The molecular weight excluding hydrogens is 234 g/mol. The first-order chi connectivity index (χ1) is 8.65. The Bertz CT molecular complexity index is 251. The van der Waals surface area contributed by atoms with Crippen molar-refractivity contribution in [2.45, 2.75) is 13.0 Å². The normalized spacial score (nSPS) is 21.1. The lowest BCUT2D eigenvalue weighted by molar-refractivity contribution is 0.0709. The molecule has 1 saturated heterocycles. The van der Waals surface area contributed by atoms with Crippen molar-refractivity contribution in [2.24, 2.45) is 0 Å². The number of methoxy groups -OCH3 is 1. The third kappa shape index (κ3) is 5.20. The summed E-state index contributed by atoms with van der Waals surface area (Å²) in [6.07, 6.45) is 0. The number of carbonyl (C=O) groups is 1. The molecule has 1 heterocycles. The molecular formula is C12H25N3O3. The van der Waals surface area contributed by atoms with Crippen LogP contribution in [0.5, 0.6) is 0 Å². The number of nitrogens with zero attached hydrogens (tertiary/aromatic N) is 2. The van der Waals surface area contributed by atoms with E-state index in [0.717, 1.165) is 19.6 Å². The highest BCUT2D eigenvalue weighted by molar-refractivity contribution is 5.74. The highest BCUT2D eigenvalue weighted by Crippen LogP contribution is 2.06. The summed E-state index contributed by atoms with van der Waals surface area (Å²) < 4.78 is 10.1. The van der Waals surface area contributed by atoms with Crippen LogP contribution in [0.2, 0.25) is 0 Å². The number of ether oxygens (including phenoxy) is 2. The predicted octanol–water partition coefficient (Wildman–Crippen LogP) is -0.00510. The first-order valence-electron chi connectivity index (χ1n) is 6.45. The zero-order valence-corrected chi connectivity index (χ0v) is 11.6. The second-order valence-electron chi connectivity index (χ2n) is 4.61. The van der Waals surface area contributed by atoms with Crippen molar-refractivity contribution in [3.05, 3.63) is 0 Å². The van der Waals surface area contributed by atoms with E-state index >= 15 is 0 Å². The second-order valence-corrected chi connectivity index (χ2v) is 4.61. The Kier molecular flexibility index (Phi) is 7.00. The molecule has 1 N–H and O–H groups in total. The number of amides is 2. The Balaban J connectivity index is 2.09. The number of carbonyl (C=O) groups excluding carboxylic acids is 1. The Labute approximate surface area is 109 Å². The van der Waals surface area contributed by atoms with Crippen LogP contribution in [0, 0.1) is 0 Å². The van der Waals surface area contributed by atoms with Gasteiger partial charge in [-0.1, -0.05) is 0 Å². The summed E-state index contributed by atoms with van der Waals surface area (Å²) in [5.74, 6) is 0. The van der Waals surface area contributed by atoms with E-state index in [2.05, 4.69) is 24.2 Å². The number of urea groups is 1. The topological polar surface area (TPSA) is 54.0 Å². The van der Waals surface area contributed by atoms with Gasteiger partial charge in [0.05, 0.1) is 19.8 Å². The molecule has 1 fully saturated rings. The molecule has 1 aliphatic rings. The van der Waals surface area contributed by atoms with Gasteiger partial charge in [-0.05, 0) is 14.0 Å². The molecule has 0 aromatic rings. The van der Waals surface area contributed by atoms with E-state index in [4.69, 9.17) is 9.47 Å². The molecule has 1 aliphatic heterocycles. The second kappa shape index (κ2) is 8.29. The van der Waals surface area contributed by atoms with Crippen LogP contribution in [-0.2, 0) is 9.47 Å². The summed E-state index contributed by atoms with van der Waals surface area (Å²) in [4.78, 5) is 16.0. The van der Waals surface area contributed by atoms with Gasteiger partial charge in [0.1, 0.15) is 0 Å². The number of hydrogen-bond acceptors (Lipinski definition) is 4. The molecule has 2 amide bonds. The molecule has 106 valence electrons. The maximum atomic E-state index is 11.9. The van der Waals surface area contributed by atoms with Crippen LogP contribution < -0.4 is 5.32 Å². The van der Waals surface area contributed by atoms with Gasteiger partial charge in [-0.15, -0.1) is 0 Å². The molecule has 0 aromatic heterocycles. The predicted molar refractivity (Wildman–Crippen MR) is 69.8 cm³/mol. The number of piperazine rings is 1. The summed E-state index contributed by atoms with van der Waals surface area (Å²) in [6, 6.07) is 0.424. The zero-order valence-electron chi connectivity index (χ0n) is 11.6. The van der Waals surface area contributed by atoms with E-state index in [1.807, 2.05) is 4.90 Å². The van der Waals surface area contributed by atoms with Crippen molar-refractivity contribution < 1.29 is 14.3 Å². The quantitative estimate of drug-likeness (QED) is 0.682. The van der Waals surface area contributed by atoms with Crippen LogP contribution >= 0.6 is 0 Å². The van der Waals surface area contributed by atoms with Crippen molar-refractivity contribution in [3.63, 3.8) is 0 Å². The smallest absolute Gasteiger partial charge is 0.317 e. The Morgan fingerprint density at radius 2 is 2.11 bits per heavy atom. The maximum Gasteiger partial charge on any atom is 0.317 e. The average Bonchev–Trinajstić information content (AvgIpc) is 2.36. The number of rotatable bonds is 6. The van der Waals surface area contributed by atoms with Gasteiger partial charge in [0.15, 0.2) is 0 Å². The SMILES string of the molecule is COCCOCCNC(=O)N1CCN(C)C(C)C1. The molecule has 18 heavy (non-hydrogen) atoms. The van der Waals surface area contributed by atoms with Gasteiger partial charge in [-0.2, -0.15) is 0 Å². The molecule has 0 aromatic carbocycles. The number of nitrogens with one attached hydrogen (secondary N) is 1. The molecule has 0 aliphatic carbocycles. The summed E-state index contributed by atoms with van der Waals surface area (Å²) in [7, 11) is 3.73.